The number of hydrogen-bond donors (Lipinski definition) is 2. The van der Waals surface area contributed by atoms with E-state index in [1.807, 2.05) is 37.3 Å². The number of aliphatic imine (C=N–C) groups is 2. The maximum Gasteiger partial charge on any atom is 0.209 e. The molecule has 0 aliphatic carbocycles. The van der Waals surface area contributed by atoms with Crippen molar-refractivity contribution in [3.8, 4) is 5.69 Å². The normalized spacial score (nSPS) is 12.7. The summed E-state index contributed by atoms with van der Waals surface area (Å²) < 4.78 is 14.7. The molecule has 7 nitrogen and oxygen atoms in total. The highest BCUT2D eigenvalue weighted by atomic mass is 19.1. The van der Waals surface area contributed by atoms with Crippen LogP contribution >= 0.6 is 0 Å². The second kappa shape index (κ2) is 9.93. The van der Waals surface area contributed by atoms with Gasteiger partial charge >= 0.3 is 0 Å². The maximum atomic E-state index is 13.2. The molecular formula is C23H21FN6O. The van der Waals surface area contributed by atoms with Crippen molar-refractivity contribution in [1.29, 1.82) is 0 Å². The smallest absolute Gasteiger partial charge is 0.209 e. The maximum absolute atomic E-state index is 13.2. The van der Waals surface area contributed by atoms with Crippen molar-refractivity contribution in [1.82, 2.24) is 9.78 Å². The van der Waals surface area contributed by atoms with E-state index in [1.54, 1.807) is 29.1 Å². The Morgan fingerprint density at radius 2 is 1.87 bits per heavy atom. The molecule has 3 rings (SSSR count). The molecule has 0 aliphatic heterocycles. The van der Waals surface area contributed by atoms with Gasteiger partial charge in [-0.25, -0.2) is 14.1 Å². The molecule has 0 bridgehead atoms. The lowest BCUT2D eigenvalue weighted by atomic mass is 10.1. The van der Waals surface area contributed by atoms with Crippen LogP contribution in [0.5, 0.6) is 0 Å². The van der Waals surface area contributed by atoms with Crippen LogP contribution in [0.3, 0.4) is 0 Å². The summed E-state index contributed by atoms with van der Waals surface area (Å²) >= 11 is 0. The standard InChI is InChI=1S/C23H21FN6O/c1-16-13-19(27-15-17(24)14-26)7-8-21(16)30-12-10-22(31)23(29-30)20(9-11-25)28-18-5-3-2-4-6-18/h2-15H,25-26H2,1H3. The lowest BCUT2D eigenvalue weighted by molar-refractivity contribution is 0.683. The number of hydrogen-bond acceptors (Lipinski definition) is 6. The third-order valence-corrected chi connectivity index (χ3v) is 4.23. The minimum Gasteiger partial charge on any atom is -0.405 e. The van der Waals surface area contributed by atoms with Crippen LogP contribution in [0.15, 0.2) is 99.9 Å². The van der Waals surface area contributed by atoms with Gasteiger partial charge in [0.05, 0.1) is 29.0 Å². The van der Waals surface area contributed by atoms with Gasteiger partial charge in [-0.3, -0.25) is 9.79 Å². The minimum absolute atomic E-state index is 0.157. The van der Waals surface area contributed by atoms with E-state index < -0.39 is 5.83 Å². The monoisotopic (exact) mass is 416 g/mol. The molecule has 0 radical (unpaired) electrons. The van der Waals surface area contributed by atoms with Gasteiger partial charge in [-0.05, 0) is 55.1 Å². The van der Waals surface area contributed by atoms with Crippen molar-refractivity contribution in [3.63, 3.8) is 0 Å². The average molecular weight is 416 g/mol. The highest BCUT2D eigenvalue weighted by Crippen LogP contribution is 2.20. The summed E-state index contributed by atoms with van der Waals surface area (Å²) in [6.07, 6.45) is 6.29. The van der Waals surface area contributed by atoms with E-state index in [1.165, 1.54) is 18.3 Å². The average Bonchev–Trinajstić information content (AvgIpc) is 2.78. The molecule has 0 amide bonds. The quantitative estimate of drug-likeness (QED) is 0.598. The first-order valence-electron chi connectivity index (χ1n) is 9.36. The Labute approximate surface area is 178 Å². The van der Waals surface area contributed by atoms with Crippen LogP contribution in [0.2, 0.25) is 0 Å². The summed E-state index contributed by atoms with van der Waals surface area (Å²) in [5.74, 6) is -0.633. The van der Waals surface area contributed by atoms with Crippen molar-refractivity contribution < 1.29 is 4.39 Å². The zero-order valence-corrected chi connectivity index (χ0v) is 16.8. The topological polar surface area (TPSA) is 112 Å². The fraction of sp³-hybridized carbons (Fsp3) is 0.0435. The number of rotatable bonds is 6. The van der Waals surface area contributed by atoms with E-state index in [4.69, 9.17) is 11.5 Å². The molecule has 0 fully saturated rings. The molecule has 0 aliphatic rings. The van der Waals surface area contributed by atoms with Gasteiger partial charge in [-0.15, -0.1) is 0 Å². The van der Waals surface area contributed by atoms with Crippen LogP contribution in [0.25, 0.3) is 5.69 Å². The van der Waals surface area contributed by atoms with E-state index >= 15 is 0 Å². The molecule has 0 spiro atoms. The molecule has 0 atom stereocenters. The molecule has 8 heteroatoms. The van der Waals surface area contributed by atoms with E-state index in [0.717, 1.165) is 23.7 Å². The molecule has 0 unspecified atom stereocenters. The Kier molecular flexibility index (Phi) is 6.85. The molecule has 0 saturated heterocycles. The van der Waals surface area contributed by atoms with E-state index in [0.29, 0.717) is 17.1 Å². The van der Waals surface area contributed by atoms with Crippen molar-refractivity contribution in [3.05, 3.63) is 107 Å². The highest BCUT2D eigenvalue weighted by Gasteiger charge is 2.11. The Balaban J connectivity index is 2.03. The molecule has 156 valence electrons. The molecule has 2 aromatic carbocycles. The van der Waals surface area contributed by atoms with Gasteiger partial charge in [0.1, 0.15) is 0 Å². The van der Waals surface area contributed by atoms with Crippen LogP contribution in [0.4, 0.5) is 15.8 Å². The number of halogens is 1. The molecule has 31 heavy (non-hydrogen) atoms. The van der Waals surface area contributed by atoms with Gasteiger partial charge in [-0.2, -0.15) is 5.10 Å². The first kappa shape index (κ1) is 21.4. The number of benzene rings is 2. The summed E-state index contributed by atoms with van der Waals surface area (Å²) in [7, 11) is 0. The summed E-state index contributed by atoms with van der Waals surface area (Å²) in [5.41, 5.74) is 13.7. The second-order valence-electron chi connectivity index (χ2n) is 6.45. The van der Waals surface area contributed by atoms with E-state index in [9.17, 15) is 9.18 Å². The number of aryl methyl sites for hydroxylation is 1. The zero-order valence-electron chi connectivity index (χ0n) is 16.8. The van der Waals surface area contributed by atoms with E-state index in [-0.39, 0.29) is 11.1 Å². The van der Waals surface area contributed by atoms with Gasteiger partial charge in [0.25, 0.3) is 0 Å². The molecule has 1 aromatic heterocycles. The van der Waals surface area contributed by atoms with Gasteiger partial charge in [-0.1, -0.05) is 18.2 Å². The van der Waals surface area contributed by atoms with Crippen LogP contribution in [0, 0.1) is 6.92 Å². The molecule has 3 aromatic rings. The predicted octanol–water partition coefficient (Wildman–Crippen LogP) is 3.61. The molecular weight excluding hydrogens is 395 g/mol. The lowest BCUT2D eigenvalue weighted by Crippen LogP contribution is -2.20. The van der Waals surface area contributed by atoms with Crippen LogP contribution in [-0.2, 0) is 0 Å². The predicted molar refractivity (Wildman–Crippen MR) is 122 cm³/mol. The fourth-order valence-corrected chi connectivity index (χ4v) is 2.78. The SMILES string of the molecule is Cc1cc(N=CC(F)=CN)ccc1-n1ccc(=O)c(C(C=CN)=Nc2ccccc2)n1. The minimum atomic E-state index is -0.633. The first-order valence-corrected chi connectivity index (χ1v) is 9.36. The summed E-state index contributed by atoms with van der Waals surface area (Å²) in [5, 5.41) is 4.48. The fourth-order valence-electron chi connectivity index (χ4n) is 2.78. The zero-order chi connectivity index (χ0) is 22.2. The second-order valence-corrected chi connectivity index (χ2v) is 6.45. The summed E-state index contributed by atoms with van der Waals surface area (Å²) in [4.78, 5) is 21.1. The van der Waals surface area contributed by atoms with Crippen molar-refractivity contribution in [2.75, 3.05) is 0 Å². The highest BCUT2D eigenvalue weighted by molar-refractivity contribution is 6.08. The van der Waals surface area contributed by atoms with Crippen LogP contribution in [0.1, 0.15) is 11.3 Å². The molecule has 4 N–H and O–H groups in total. The first-order chi connectivity index (χ1) is 15.0. The van der Waals surface area contributed by atoms with Crippen molar-refractivity contribution >= 4 is 23.3 Å². The van der Waals surface area contributed by atoms with Gasteiger partial charge in [0.15, 0.2) is 11.5 Å². The van der Waals surface area contributed by atoms with Crippen molar-refractivity contribution in [2.45, 2.75) is 6.92 Å². The Morgan fingerprint density at radius 3 is 2.55 bits per heavy atom. The summed E-state index contributed by atoms with van der Waals surface area (Å²) in [6.45, 7) is 1.86. The molecule has 1 heterocycles. The number of nitrogens with two attached hydrogens (primary N) is 2. The van der Waals surface area contributed by atoms with Crippen LogP contribution < -0.4 is 16.9 Å². The molecule has 0 saturated carbocycles. The largest absolute Gasteiger partial charge is 0.405 e. The van der Waals surface area contributed by atoms with E-state index in [2.05, 4.69) is 15.1 Å². The van der Waals surface area contributed by atoms with Gasteiger partial charge < -0.3 is 11.5 Å². The van der Waals surface area contributed by atoms with Gasteiger partial charge in [0, 0.05) is 18.5 Å². The Morgan fingerprint density at radius 1 is 1.10 bits per heavy atom. The Hall–Kier alpha value is -4.33. The number of allylic oxidation sites excluding steroid dienone is 2. The third kappa shape index (κ3) is 5.39. The van der Waals surface area contributed by atoms with Gasteiger partial charge in [0.2, 0.25) is 5.43 Å². The summed E-state index contributed by atoms with van der Waals surface area (Å²) in [6, 6.07) is 15.9. The number of nitrogens with zero attached hydrogens (tertiary/aromatic N) is 4. The number of para-hydroxylation sites is 1. The Bertz CT molecular complexity index is 1240. The third-order valence-electron chi connectivity index (χ3n) is 4.23. The number of aromatic nitrogens is 2. The van der Waals surface area contributed by atoms with Crippen molar-refractivity contribution in [2.24, 2.45) is 21.5 Å². The van der Waals surface area contributed by atoms with Crippen LogP contribution in [-0.4, -0.2) is 21.7 Å². The lowest BCUT2D eigenvalue weighted by Gasteiger charge is -2.11.